The molecule has 1 aliphatic rings. The van der Waals surface area contributed by atoms with Gasteiger partial charge in [0.25, 0.3) is 0 Å². The van der Waals surface area contributed by atoms with E-state index in [1.165, 1.54) is 16.3 Å². The van der Waals surface area contributed by atoms with Gasteiger partial charge in [-0.2, -0.15) is 0 Å². The first-order chi connectivity index (χ1) is 9.15. The van der Waals surface area contributed by atoms with E-state index in [0.717, 1.165) is 24.3 Å². The summed E-state index contributed by atoms with van der Waals surface area (Å²) in [5.41, 5.74) is 1.26. The highest BCUT2D eigenvalue weighted by atomic mass is 16.7. The quantitative estimate of drug-likeness (QED) is 0.824. The Morgan fingerprint density at radius 1 is 1.16 bits per heavy atom. The number of hydrogen-bond donors (Lipinski definition) is 0. The molecule has 19 heavy (non-hydrogen) atoms. The van der Waals surface area contributed by atoms with Crippen LogP contribution >= 0.6 is 0 Å². The van der Waals surface area contributed by atoms with Crippen LogP contribution in [0, 0.1) is 0 Å². The van der Waals surface area contributed by atoms with Gasteiger partial charge in [0, 0.05) is 26.0 Å². The van der Waals surface area contributed by atoms with E-state index in [0.29, 0.717) is 0 Å². The number of fused-ring (bicyclic) bond motifs is 3. The van der Waals surface area contributed by atoms with Gasteiger partial charge in [0.2, 0.25) is 5.79 Å². The topological polar surface area (TPSA) is 27.7 Å². The largest absolute Gasteiger partial charge is 0.497 e. The van der Waals surface area contributed by atoms with Gasteiger partial charge in [-0.25, -0.2) is 0 Å². The fourth-order valence-electron chi connectivity index (χ4n) is 2.61. The molecule has 3 nitrogen and oxygen atoms in total. The maximum atomic E-state index is 5.98. The summed E-state index contributed by atoms with van der Waals surface area (Å²) in [5, 5.41) is 2.42. The Kier molecular flexibility index (Phi) is 2.86. The number of hydrogen-bond acceptors (Lipinski definition) is 3. The second-order valence-corrected chi connectivity index (χ2v) is 5.07. The molecule has 100 valence electrons. The van der Waals surface area contributed by atoms with Crippen molar-refractivity contribution in [3.8, 4) is 11.5 Å². The molecule has 1 atom stereocenters. The number of benzene rings is 2. The summed E-state index contributed by atoms with van der Waals surface area (Å²) in [5.74, 6) is 1.30. The van der Waals surface area contributed by atoms with Crippen molar-refractivity contribution in [1.82, 2.24) is 0 Å². The molecule has 0 amide bonds. The van der Waals surface area contributed by atoms with Gasteiger partial charge in [0.1, 0.15) is 11.5 Å². The van der Waals surface area contributed by atoms with Crippen LogP contribution in [0.1, 0.15) is 18.9 Å². The lowest BCUT2D eigenvalue weighted by Crippen LogP contribution is -2.38. The summed E-state index contributed by atoms with van der Waals surface area (Å²) < 4.78 is 16.7. The van der Waals surface area contributed by atoms with E-state index in [2.05, 4.69) is 18.2 Å². The number of methoxy groups -OCH3 is 2. The normalized spacial score (nSPS) is 21.8. The Balaban J connectivity index is 2.10. The van der Waals surface area contributed by atoms with Gasteiger partial charge in [0.15, 0.2) is 0 Å². The van der Waals surface area contributed by atoms with Crippen molar-refractivity contribution in [2.75, 3.05) is 14.2 Å². The van der Waals surface area contributed by atoms with Gasteiger partial charge in [-0.3, -0.25) is 0 Å². The molecular weight excluding hydrogens is 240 g/mol. The zero-order valence-corrected chi connectivity index (χ0v) is 11.5. The van der Waals surface area contributed by atoms with Gasteiger partial charge in [0.05, 0.1) is 7.11 Å². The smallest absolute Gasteiger partial charge is 0.207 e. The Bertz CT molecular complexity index is 621. The lowest BCUT2D eigenvalue weighted by Gasteiger charge is -2.34. The lowest BCUT2D eigenvalue weighted by atomic mass is 9.95. The SMILES string of the molecule is COc1ccc2c3c(ccc2c1)O[C@@](C)(OC)CC3. The van der Waals surface area contributed by atoms with Crippen molar-refractivity contribution in [2.45, 2.75) is 25.6 Å². The van der Waals surface area contributed by atoms with Crippen LogP contribution in [0.15, 0.2) is 30.3 Å². The third-order valence-corrected chi connectivity index (χ3v) is 3.88. The van der Waals surface area contributed by atoms with Crippen molar-refractivity contribution in [3.05, 3.63) is 35.9 Å². The third kappa shape index (κ3) is 2.04. The highest BCUT2D eigenvalue weighted by Crippen LogP contribution is 2.38. The summed E-state index contributed by atoms with van der Waals surface area (Å²) in [4.78, 5) is 0. The molecule has 1 aliphatic heterocycles. The molecule has 0 bridgehead atoms. The molecule has 0 saturated carbocycles. The molecule has 3 heteroatoms. The summed E-state index contributed by atoms with van der Waals surface area (Å²) in [6.45, 7) is 1.98. The Morgan fingerprint density at radius 3 is 2.74 bits per heavy atom. The van der Waals surface area contributed by atoms with Crippen molar-refractivity contribution < 1.29 is 14.2 Å². The van der Waals surface area contributed by atoms with Crippen LogP contribution in [0.5, 0.6) is 11.5 Å². The third-order valence-electron chi connectivity index (χ3n) is 3.88. The van der Waals surface area contributed by atoms with E-state index in [1.54, 1.807) is 14.2 Å². The number of ether oxygens (including phenoxy) is 3. The molecule has 0 unspecified atom stereocenters. The van der Waals surface area contributed by atoms with E-state index in [-0.39, 0.29) is 0 Å². The van der Waals surface area contributed by atoms with E-state index in [4.69, 9.17) is 14.2 Å². The molecule has 1 heterocycles. The van der Waals surface area contributed by atoms with Crippen molar-refractivity contribution in [3.63, 3.8) is 0 Å². The highest BCUT2D eigenvalue weighted by molar-refractivity contribution is 5.89. The standard InChI is InChI=1S/C16H18O3/c1-16(18-3)9-8-14-13-6-5-12(17-2)10-11(13)4-7-15(14)19-16/h4-7,10H,8-9H2,1-3H3/t16-/m1/s1. The minimum Gasteiger partial charge on any atom is -0.497 e. The van der Waals surface area contributed by atoms with Gasteiger partial charge < -0.3 is 14.2 Å². The average molecular weight is 258 g/mol. The number of aryl methyl sites for hydroxylation is 1. The molecule has 0 N–H and O–H groups in total. The van der Waals surface area contributed by atoms with Gasteiger partial charge in [-0.05, 0) is 35.4 Å². The average Bonchev–Trinajstić information content (AvgIpc) is 2.46. The van der Waals surface area contributed by atoms with E-state index >= 15 is 0 Å². The van der Waals surface area contributed by atoms with E-state index < -0.39 is 5.79 Å². The molecule has 0 aliphatic carbocycles. The summed E-state index contributed by atoms with van der Waals surface area (Å²) in [7, 11) is 3.38. The zero-order valence-electron chi connectivity index (χ0n) is 11.5. The molecule has 0 radical (unpaired) electrons. The molecule has 2 aromatic carbocycles. The van der Waals surface area contributed by atoms with E-state index in [9.17, 15) is 0 Å². The molecule has 0 aromatic heterocycles. The van der Waals surface area contributed by atoms with Crippen molar-refractivity contribution in [1.29, 1.82) is 0 Å². The minimum atomic E-state index is -0.507. The summed E-state index contributed by atoms with van der Waals surface area (Å²) in [6, 6.07) is 10.2. The van der Waals surface area contributed by atoms with Crippen LogP contribution in [0.25, 0.3) is 10.8 Å². The van der Waals surface area contributed by atoms with Crippen LogP contribution in [-0.2, 0) is 11.2 Å². The predicted molar refractivity (Wildman–Crippen MR) is 74.9 cm³/mol. The van der Waals surface area contributed by atoms with E-state index in [1.807, 2.05) is 19.1 Å². The van der Waals surface area contributed by atoms with Crippen LogP contribution in [0.3, 0.4) is 0 Å². The predicted octanol–water partition coefficient (Wildman–Crippen LogP) is 3.54. The minimum absolute atomic E-state index is 0.507. The second-order valence-electron chi connectivity index (χ2n) is 5.07. The zero-order chi connectivity index (χ0) is 13.5. The summed E-state index contributed by atoms with van der Waals surface area (Å²) in [6.07, 6.45) is 1.82. The summed E-state index contributed by atoms with van der Waals surface area (Å²) >= 11 is 0. The van der Waals surface area contributed by atoms with Crippen LogP contribution < -0.4 is 9.47 Å². The first kappa shape index (κ1) is 12.3. The number of rotatable bonds is 2. The van der Waals surface area contributed by atoms with Gasteiger partial charge in [-0.15, -0.1) is 0 Å². The monoisotopic (exact) mass is 258 g/mol. The molecular formula is C16H18O3. The molecule has 0 saturated heterocycles. The molecule has 0 spiro atoms. The molecule has 2 aromatic rings. The first-order valence-electron chi connectivity index (χ1n) is 6.49. The maximum absolute atomic E-state index is 5.98. The Morgan fingerprint density at radius 2 is 2.00 bits per heavy atom. The first-order valence-corrected chi connectivity index (χ1v) is 6.49. The van der Waals surface area contributed by atoms with Gasteiger partial charge >= 0.3 is 0 Å². The Labute approximate surface area is 113 Å². The fraction of sp³-hybridized carbons (Fsp3) is 0.375. The van der Waals surface area contributed by atoms with Gasteiger partial charge in [-0.1, -0.05) is 12.1 Å². The van der Waals surface area contributed by atoms with Crippen LogP contribution in [0.2, 0.25) is 0 Å². The molecule has 0 fully saturated rings. The molecule has 3 rings (SSSR count). The Hall–Kier alpha value is -1.74. The second kappa shape index (κ2) is 4.42. The van der Waals surface area contributed by atoms with Crippen LogP contribution in [0.4, 0.5) is 0 Å². The van der Waals surface area contributed by atoms with Crippen LogP contribution in [-0.4, -0.2) is 20.0 Å². The van der Waals surface area contributed by atoms with Crippen molar-refractivity contribution in [2.24, 2.45) is 0 Å². The fourth-order valence-corrected chi connectivity index (χ4v) is 2.61. The highest BCUT2D eigenvalue weighted by Gasteiger charge is 2.31. The van der Waals surface area contributed by atoms with Crippen molar-refractivity contribution >= 4 is 10.8 Å². The lowest BCUT2D eigenvalue weighted by molar-refractivity contribution is -0.160. The maximum Gasteiger partial charge on any atom is 0.207 e.